The Morgan fingerprint density at radius 1 is 1.13 bits per heavy atom. The first-order valence-corrected chi connectivity index (χ1v) is 11.5. The number of amides is 3. The smallest absolute Gasteiger partial charge is 0.338 e. The zero-order valence-electron chi connectivity index (χ0n) is 17.6. The summed E-state index contributed by atoms with van der Waals surface area (Å²) >= 11 is 0. The molecule has 2 rings (SSSR count). The lowest BCUT2D eigenvalue weighted by Gasteiger charge is -2.20. The quantitative estimate of drug-likeness (QED) is 0.597. The third-order valence-electron chi connectivity index (χ3n) is 5.02. The van der Waals surface area contributed by atoms with Crippen LogP contribution in [0.3, 0.4) is 0 Å². The predicted molar refractivity (Wildman–Crippen MR) is 110 cm³/mol. The molecule has 0 spiro atoms. The summed E-state index contributed by atoms with van der Waals surface area (Å²) in [6.45, 7) is 5.06. The molecule has 1 aliphatic carbocycles. The summed E-state index contributed by atoms with van der Waals surface area (Å²) in [5.41, 5.74) is 0.509. The molecule has 2 N–H and O–H groups in total. The molecule has 1 saturated carbocycles. The Balaban J connectivity index is 1.98. The van der Waals surface area contributed by atoms with E-state index < -0.39 is 34.5 Å². The number of aryl methyl sites for hydroxylation is 1. The Bertz CT molecular complexity index is 890. The molecular weight excluding hydrogens is 410 g/mol. The van der Waals surface area contributed by atoms with Crippen molar-refractivity contribution in [3.63, 3.8) is 0 Å². The van der Waals surface area contributed by atoms with Crippen LogP contribution in [0.2, 0.25) is 0 Å². The molecule has 1 aromatic rings. The number of urea groups is 1. The van der Waals surface area contributed by atoms with Gasteiger partial charge in [0.25, 0.3) is 5.91 Å². The largest absolute Gasteiger partial charge is 0.452 e. The fraction of sp³-hybridized carbons (Fsp3) is 0.550. The van der Waals surface area contributed by atoms with E-state index in [1.54, 1.807) is 20.8 Å². The van der Waals surface area contributed by atoms with Crippen molar-refractivity contribution in [2.24, 2.45) is 0 Å². The maximum Gasteiger partial charge on any atom is 0.338 e. The molecule has 0 unspecified atom stereocenters. The van der Waals surface area contributed by atoms with E-state index in [1.807, 2.05) is 0 Å². The number of sulfonamides is 1. The average Bonchev–Trinajstić information content (AvgIpc) is 3.19. The van der Waals surface area contributed by atoms with E-state index in [0.717, 1.165) is 25.7 Å². The molecule has 0 heterocycles. The first-order valence-electron chi connectivity index (χ1n) is 10.1. The summed E-state index contributed by atoms with van der Waals surface area (Å²) in [4.78, 5) is 36.0. The molecule has 3 amide bonds. The van der Waals surface area contributed by atoms with E-state index in [0.29, 0.717) is 18.7 Å². The molecule has 1 aromatic carbocycles. The molecule has 0 aliphatic heterocycles. The van der Waals surface area contributed by atoms with Gasteiger partial charge in [0.1, 0.15) is 0 Å². The average molecular weight is 440 g/mol. The van der Waals surface area contributed by atoms with Crippen LogP contribution in [0, 0.1) is 6.92 Å². The summed E-state index contributed by atoms with van der Waals surface area (Å²) in [6, 6.07) is 3.63. The molecule has 30 heavy (non-hydrogen) atoms. The van der Waals surface area contributed by atoms with Gasteiger partial charge in [0.15, 0.2) is 6.61 Å². The third kappa shape index (κ3) is 6.02. The van der Waals surface area contributed by atoms with E-state index in [-0.39, 0.29) is 16.5 Å². The lowest BCUT2D eigenvalue weighted by molar-refractivity contribution is -0.123. The minimum atomic E-state index is -3.75. The van der Waals surface area contributed by atoms with Crippen molar-refractivity contribution in [2.75, 3.05) is 19.7 Å². The number of imide groups is 1. The number of carbonyl (C=O) groups is 3. The van der Waals surface area contributed by atoms with Crippen LogP contribution in [0.1, 0.15) is 55.5 Å². The van der Waals surface area contributed by atoms with Gasteiger partial charge in [0.05, 0.1) is 10.5 Å². The van der Waals surface area contributed by atoms with Gasteiger partial charge in [0.2, 0.25) is 10.0 Å². The van der Waals surface area contributed by atoms with Crippen LogP contribution in [0.5, 0.6) is 0 Å². The maximum atomic E-state index is 12.8. The van der Waals surface area contributed by atoms with Gasteiger partial charge in [0, 0.05) is 19.1 Å². The molecule has 166 valence electrons. The van der Waals surface area contributed by atoms with Gasteiger partial charge < -0.3 is 10.1 Å². The maximum absolute atomic E-state index is 12.8. The number of rotatable bonds is 8. The number of benzene rings is 1. The zero-order chi connectivity index (χ0) is 22.3. The minimum Gasteiger partial charge on any atom is -0.452 e. The summed E-state index contributed by atoms with van der Waals surface area (Å²) < 4.78 is 31.8. The summed E-state index contributed by atoms with van der Waals surface area (Å²) in [7, 11) is -3.75. The van der Waals surface area contributed by atoms with Crippen molar-refractivity contribution >= 4 is 27.9 Å². The molecule has 0 saturated heterocycles. The van der Waals surface area contributed by atoms with Crippen LogP contribution >= 0.6 is 0 Å². The molecule has 0 bridgehead atoms. The van der Waals surface area contributed by atoms with Crippen molar-refractivity contribution in [1.82, 2.24) is 14.9 Å². The number of carbonyl (C=O) groups excluding carboxylic acids is 3. The van der Waals surface area contributed by atoms with Gasteiger partial charge in [-0.25, -0.2) is 18.0 Å². The third-order valence-corrected chi connectivity index (χ3v) is 7.22. The number of nitrogens with zero attached hydrogens (tertiary/aromatic N) is 1. The van der Waals surface area contributed by atoms with Crippen LogP contribution in [0.25, 0.3) is 0 Å². The number of hydrogen-bond acceptors (Lipinski definition) is 6. The number of esters is 1. The highest BCUT2D eigenvalue weighted by Crippen LogP contribution is 2.22. The molecule has 1 fully saturated rings. The number of hydrogen-bond donors (Lipinski definition) is 2. The fourth-order valence-electron chi connectivity index (χ4n) is 3.38. The Morgan fingerprint density at radius 3 is 2.37 bits per heavy atom. The van der Waals surface area contributed by atoms with E-state index in [9.17, 15) is 22.8 Å². The second-order valence-electron chi connectivity index (χ2n) is 7.15. The van der Waals surface area contributed by atoms with Crippen LogP contribution < -0.4 is 10.6 Å². The number of ether oxygens (including phenoxy) is 1. The van der Waals surface area contributed by atoms with E-state index in [2.05, 4.69) is 10.6 Å². The molecule has 10 heteroatoms. The van der Waals surface area contributed by atoms with Gasteiger partial charge in [-0.05, 0) is 37.5 Å². The molecule has 0 radical (unpaired) electrons. The van der Waals surface area contributed by atoms with Crippen molar-refractivity contribution in [1.29, 1.82) is 0 Å². The second kappa shape index (κ2) is 10.5. The fourth-order valence-corrected chi connectivity index (χ4v) is 5.09. The summed E-state index contributed by atoms with van der Waals surface area (Å²) in [5, 5.41) is 4.82. The van der Waals surface area contributed by atoms with Crippen LogP contribution in [0.4, 0.5) is 4.79 Å². The van der Waals surface area contributed by atoms with Crippen LogP contribution in [-0.2, 0) is 19.6 Å². The van der Waals surface area contributed by atoms with E-state index in [1.165, 1.54) is 22.5 Å². The SMILES string of the molecule is CCN(CC)S(=O)(=O)c1cc(C(=O)OCC(=O)NC(=O)NC2CCCC2)ccc1C. The highest BCUT2D eigenvalue weighted by molar-refractivity contribution is 7.89. The highest BCUT2D eigenvalue weighted by atomic mass is 32.2. The Hall–Kier alpha value is -2.46. The topological polar surface area (TPSA) is 122 Å². The Morgan fingerprint density at radius 2 is 1.77 bits per heavy atom. The molecule has 9 nitrogen and oxygen atoms in total. The lowest BCUT2D eigenvalue weighted by Crippen LogP contribution is -2.45. The van der Waals surface area contributed by atoms with Crippen molar-refractivity contribution in [3.8, 4) is 0 Å². The first kappa shape index (κ1) is 23.8. The van der Waals surface area contributed by atoms with Crippen molar-refractivity contribution < 1.29 is 27.5 Å². The molecule has 0 atom stereocenters. The highest BCUT2D eigenvalue weighted by Gasteiger charge is 2.25. The number of nitrogens with one attached hydrogen (secondary N) is 2. The monoisotopic (exact) mass is 439 g/mol. The normalized spacial score (nSPS) is 14.5. The predicted octanol–water partition coefficient (Wildman–Crippen LogP) is 1.95. The molecule has 0 aromatic heterocycles. The Labute approximate surface area is 177 Å². The van der Waals surface area contributed by atoms with E-state index >= 15 is 0 Å². The Kier molecular flexibility index (Phi) is 8.36. The van der Waals surface area contributed by atoms with Gasteiger partial charge in [-0.15, -0.1) is 0 Å². The summed E-state index contributed by atoms with van der Waals surface area (Å²) in [5.74, 6) is -1.61. The van der Waals surface area contributed by atoms with Crippen molar-refractivity contribution in [3.05, 3.63) is 29.3 Å². The van der Waals surface area contributed by atoms with Gasteiger partial charge >= 0.3 is 12.0 Å². The molecular formula is C20H29N3O6S. The van der Waals surface area contributed by atoms with Gasteiger partial charge in [-0.1, -0.05) is 32.8 Å². The zero-order valence-corrected chi connectivity index (χ0v) is 18.4. The first-order chi connectivity index (χ1) is 14.2. The van der Waals surface area contributed by atoms with Crippen LogP contribution in [-0.4, -0.2) is 56.4 Å². The second-order valence-corrected chi connectivity index (χ2v) is 9.06. The van der Waals surface area contributed by atoms with Gasteiger partial charge in [-0.2, -0.15) is 4.31 Å². The molecule has 1 aliphatic rings. The van der Waals surface area contributed by atoms with E-state index in [4.69, 9.17) is 4.74 Å². The van der Waals surface area contributed by atoms with Crippen molar-refractivity contribution in [2.45, 2.75) is 57.4 Å². The summed E-state index contributed by atoms with van der Waals surface area (Å²) in [6.07, 6.45) is 3.84. The van der Waals surface area contributed by atoms with Gasteiger partial charge in [-0.3, -0.25) is 10.1 Å². The minimum absolute atomic E-state index is 0.00883. The van der Waals surface area contributed by atoms with Crippen LogP contribution in [0.15, 0.2) is 23.1 Å². The standard InChI is InChI=1S/C20H29N3O6S/c1-4-23(5-2)30(27,28)17-12-15(11-10-14(17)3)19(25)29-13-18(24)22-20(26)21-16-8-6-7-9-16/h10-12,16H,4-9,13H2,1-3H3,(H2,21,22,24,26). The lowest BCUT2D eigenvalue weighted by atomic mass is 10.1.